The second-order valence-electron chi connectivity index (χ2n) is 4.44. The summed E-state index contributed by atoms with van der Waals surface area (Å²) in [5.74, 6) is 1.08. The maximum Gasteiger partial charge on any atom is 0.0199 e. The van der Waals surface area contributed by atoms with Crippen LogP contribution in [0.15, 0.2) is 64.0 Å². The Morgan fingerprint density at radius 3 is 2.37 bits per heavy atom. The third kappa shape index (κ3) is 5.01. The lowest BCUT2D eigenvalue weighted by Crippen LogP contribution is -2.30. The number of nitrogens with one attached hydrogen (secondary N) is 1. The van der Waals surface area contributed by atoms with Crippen LogP contribution in [0.4, 0.5) is 0 Å². The van der Waals surface area contributed by atoms with Gasteiger partial charge in [-0.05, 0) is 43.3 Å². The van der Waals surface area contributed by atoms with E-state index in [1.807, 2.05) is 18.8 Å². The highest BCUT2D eigenvalue weighted by Crippen LogP contribution is 2.19. The SMILES string of the molecule is CNC(CSc1ccccc1)Cc1ccc(Br)cc1. The molecule has 2 aromatic carbocycles. The van der Waals surface area contributed by atoms with E-state index in [1.165, 1.54) is 10.5 Å². The number of benzene rings is 2. The first-order chi connectivity index (χ1) is 9.28. The van der Waals surface area contributed by atoms with Crippen LogP contribution >= 0.6 is 27.7 Å². The van der Waals surface area contributed by atoms with Crippen LogP contribution in [0.3, 0.4) is 0 Å². The van der Waals surface area contributed by atoms with E-state index in [9.17, 15) is 0 Å². The minimum atomic E-state index is 0.492. The summed E-state index contributed by atoms with van der Waals surface area (Å²) in [4.78, 5) is 1.33. The van der Waals surface area contributed by atoms with E-state index in [4.69, 9.17) is 0 Å². The molecule has 0 spiro atoms. The zero-order valence-electron chi connectivity index (χ0n) is 11.0. The summed E-state index contributed by atoms with van der Waals surface area (Å²) in [6.45, 7) is 0. The quantitative estimate of drug-likeness (QED) is 0.786. The molecule has 3 heteroatoms. The molecule has 0 radical (unpaired) electrons. The van der Waals surface area contributed by atoms with Gasteiger partial charge in [-0.25, -0.2) is 0 Å². The van der Waals surface area contributed by atoms with Crippen molar-refractivity contribution < 1.29 is 0 Å². The average molecular weight is 336 g/mol. The van der Waals surface area contributed by atoms with Crippen molar-refractivity contribution in [1.82, 2.24) is 5.32 Å². The summed E-state index contributed by atoms with van der Waals surface area (Å²) >= 11 is 5.37. The molecule has 0 saturated carbocycles. The van der Waals surface area contributed by atoms with Crippen molar-refractivity contribution >= 4 is 27.7 Å². The van der Waals surface area contributed by atoms with Gasteiger partial charge in [-0.15, -0.1) is 11.8 Å². The van der Waals surface area contributed by atoms with Gasteiger partial charge in [0.15, 0.2) is 0 Å². The molecule has 0 aromatic heterocycles. The van der Waals surface area contributed by atoms with Crippen molar-refractivity contribution in [3.63, 3.8) is 0 Å². The van der Waals surface area contributed by atoms with Crippen LogP contribution in [0.25, 0.3) is 0 Å². The highest BCUT2D eigenvalue weighted by molar-refractivity contribution is 9.10. The lowest BCUT2D eigenvalue weighted by atomic mass is 10.1. The Balaban J connectivity index is 1.88. The molecule has 0 saturated heterocycles. The van der Waals surface area contributed by atoms with E-state index < -0.39 is 0 Å². The van der Waals surface area contributed by atoms with E-state index in [0.717, 1.165) is 16.6 Å². The minimum Gasteiger partial charge on any atom is -0.316 e. The molecule has 1 nitrogen and oxygen atoms in total. The summed E-state index contributed by atoms with van der Waals surface area (Å²) < 4.78 is 1.14. The predicted molar refractivity (Wildman–Crippen MR) is 87.9 cm³/mol. The van der Waals surface area contributed by atoms with Gasteiger partial charge in [-0.3, -0.25) is 0 Å². The Morgan fingerprint density at radius 2 is 1.74 bits per heavy atom. The van der Waals surface area contributed by atoms with Crippen LogP contribution in [0.5, 0.6) is 0 Å². The summed E-state index contributed by atoms with van der Waals surface area (Å²) in [6, 6.07) is 19.6. The van der Waals surface area contributed by atoms with Crippen LogP contribution in [0.2, 0.25) is 0 Å². The van der Waals surface area contributed by atoms with E-state index in [2.05, 4.69) is 75.8 Å². The van der Waals surface area contributed by atoms with Crippen LogP contribution < -0.4 is 5.32 Å². The molecule has 0 amide bonds. The maximum atomic E-state index is 3.47. The molecule has 1 N–H and O–H groups in total. The first-order valence-electron chi connectivity index (χ1n) is 6.37. The van der Waals surface area contributed by atoms with Gasteiger partial charge in [0.05, 0.1) is 0 Å². The average Bonchev–Trinajstić information content (AvgIpc) is 2.46. The molecule has 2 aromatic rings. The Hall–Kier alpha value is -0.770. The lowest BCUT2D eigenvalue weighted by Gasteiger charge is -2.16. The van der Waals surface area contributed by atoms with E-state index in [-0.39, 0.29) is 0 Å². The standard InChI is InChI=1S/C16H18BrNS/c1-18-15(11-13-7-9-14(17)10-8-13)12-19-16-5-3-2-4-6-16/h2-10,15,18H,11-12H2,1H3. The molecule has 2 rings (SSSR count). The summed E-state index contributed by atoms with van der Waals surface area (Å²) in [6.07, 6.45) is 1.06. The second-order valence-corrected chi connectivity index (χ2v) is 6.45. The number of thioether (sulfide) groups is 1. The molecular formula is C16H18BrNS. The molecule has 1 atom stereocenters. The topological polar surface area (TPSA) is 12.0 Å². The monoisotopic (exact) mass is 335 g/mol. The van der Waals surface area contributed by atoms with Gasteiger partial charge >= 0.3 is 0 Å². The Labute approximate surface area is 127 Å². The van der Waals surface area contributed by atoms with Gasteiger partial charge in [0, 0.05) is 21.2 Å². The molecule has 0 fully saturated rings. The van der Waals surface area contributed by atoms with Gasteiger partial charge in [-0.2, -0.15) is 0 Å². The van der Waals surface area contributed by atoms with E-state index in [1.54, 1.807) is 0 Å². The minimum absolute atomic E-state index is 0.492. The Morgan fingerprint density at radius 1 is 1.05 bits per heavy atom. The van der Waals surface area contributed by atoms with Gasteiger partial charge in [0.1, 0.15) is 0 Å². The number of halogens is 1. The number of rotatable bonds is 6. The molecule has 0 aliphatic carbocycles. The van der Waals surface area contributed by atoms with Gasteiger partial charge in [0.25, 0.3) is 0 Å². The highest BCUT2D eigenvalue weighted by Gasteiger charge is 2.08. The first-order valence-corrected chi connectivity index (χ1v) is 8.15. The van der Waals surface area contributed by atoms with E-state index >= 15 is 0 Å². The van der Waals surface area contributed by atoms with Crippen molar-refractivity contribution in [1.29, 1.82) is 0 Å². The predicted octanol–water partition coefficient (Wildman–Crippen LogP) is 4.37. The molecule has 0 aliphatic heterocycles. The van der Waals surface area contributed by atoms with Gasteiger partial charge in [0.2, 0.25) is 0 Å². The molecule has 0 heterocycles. The normalized spacial score (nSPS) is 12.3. The van der Waals surface area contributed by atoms with Crippen molar-refractivity contribution in [2.75, 3.05) is 12.8 Å². The fourth-order valence-corrected chi connectivity index (χ4v) is 3.15. The maximum absolute atomic E-state index is 3.47. The molecule has 0 aliphatic rings. The number of hydrogen-bond donors (Lipinski definition) is 1. The summed E-state index contributed by atoms with van der Waals surface area (Å²) in [5, 5.41) is 3.40. The van der Waals surface area contributed by atoms with Gasteiger partial charge < -0.3 is 5.32 Å². The zero-order chi connectivity index (χ0) is 13.5. The highest BCUT2D eigenvalue weighted by atomic mass is 79.9. The van der Waals surface area contributed by atoms with Crippen molar-refractivity contribution in [2.24, 2.45) is 0 Å². The first kappa shape index (κ1) is 14.6. The Bertz CT molecular complexity index is 484. The number of likely N-dealkylation sites (N-methyl/N-ethyl adjacent to an activating group) is 1. The largest absolute Gasteiger partial charge is 0.316 e. The second kappa shape index (κ2) is 7.73. The van der Waals surface area contributed by atoms with Crippen molar-refractivity contribution in [2.45, 2.75) is 17.4 Å². The van der Waals surface area contributed by atoms with Crippen LogP contribution in [0.1, 0.15) is 5.56 Å². The molecule has 0 bridgehead atoms. The molecule has 100 valence electrons. The summed E-state index contributed by atoms with van der Waals surface area (Å²) in [5.41, 5.74) is 1.37. The van der Waals surface area contributed by atoms with Crippen LogP contribution in [-0.2, 0) is 6.42 Å². The fourth-order valence-electron chi connectivity index (χ4n) is 1.86. The third-order valence-corrected chi connectivity index (χ3v) is 4.70. The Kier molecular flexibility index (Phi) is 5.95. The van der Waals surface area contributed by atoms with Gasteiger partial charge in [-0.1, -0.05) is 46.3 Å². The third-order valence-electron chi connectivity index (χ3n) is 3.00. The molecule has 19 heavy (non-hydrogen) atoms. The number of hydrogen-bond acceptors (Lipinski definition) is 2. The van der Waals surface area contributed by atoms with E-state index in [0.29, 0.717) is 6.04 Å². The summed E-state index contributed by atoms with van der Waals surface area (Å²) in [7, 11) is 2.04. The molecular weight excluding hydrogens is 318 g/mol. The van der Waals surface area contributed by atoms with Crippen LogP contribution in [-0.4, -0.2) is 18.8 Å². The fraction of sp³-hybridized carbons (Fsp3) is 0.250. The molecule has 1 unspecified atom stereocenters. The smallest absolute Gasteiger partial charge is 0.0199 e. The van der Waals surface area contributed by atoms with Crippen LogP contribution in [0, 0.1) is 0 Å². The lowest BCUT2D eigenvalue weighted by molar-refractivity contribution is 0.617. The van der Waals surface area contributed by atoms with Crippen molar-refractivity contribution in [3.8, 4) is 0 Å². The van der Waals surface area contributed by atoms with Crippen molar-refractivity contribution in [3.05, 3.63) is 64.6 Å². The zero-order valence-corrected chi connectivity index (χ0v) is 13.4.